The highest BCUT2D eigenvalue weighted by Crippen LogP contribution is 2.22. The summed E-state index contributed by atoms with van der Waals surface area (Å²) in [5, 5.41) is 4.74. The Morgan fingerprint density at radius 1 is 1.00 bits per heavy atom. The lowest BCUT2D eigenvalue weighted by Crippen LogP contribution is -2.34. The Morgan fingerprint density at radius 2 is 1.62 bits per heavy atom. The number of carbonyl (C=O) groups excluding carboxylic acids is 1. The van der Waals surface area contributed by atoms with Crippen LogP contribution in [0.15, 0.2) is 83.2 Å². The molecule has 0 bridgehead atoms. The summed E-state index contributed by atoms with van der Waals surface area (Å²) in [7, 11) is 0. The minimum atomic E-state index is -0.444. The molecule has 6 heteroatoms. The highest BCUT2D eigenvalue weighted by atomic mass is 32.1. The molecule has 0 fully saturated rings. The van der Waals surface area contributed by atoms with Crippen molar-refractivity contribution in [2.75, 3.05) is 0 Å². The molecule has 0 spiro atoms. The number of fused-ring (bicyclic) bond motifs is 1. The number of amides is 1. The molecule has 0 unspecified atom stereocenters. The molecule has 2 aromatic heterocycles. The third kappa shape index (κ3) is 3.02. The first-order chi connectivity index (χ1) is 12.7. The molecule has 26 heavy (non-hydrogen) atoms. The van der Waals surface area contributed by atoms with Gasteiger partial charge < -0.3 is 5.32 Å². The van der Waals surface area contributed by atoms with Crippen molar-refractivity contribution in [1.29, 1.82) is 0 Å². The van der Waals surface area contributed by atoms with Crippen LogP contribution in [0.25, 0.3) is 4.96 Å². The molecular formula is C20H15N3O2S. The molecule has 4 rings (SSSR count). The highest BCUT2D eigenvalue weighted by Gasteiger charge is 2.20. The van der Waals surface area contributed by atoms with Crippen LogP contribution in [0.2, 0.25) is 0 Å². The summed E-state index contributed by atoms with van der Waals surface area (Å²) >= 11 is 1.35. The number of hydrogen-bond donors (Lipinski definition) is 1. The summed E-state index contributed by atoms with van der Waals surface area (Å²) in [6.07, 6.45) is 2.97. The predicted octanol–water partition coefficient (Wildman–Crippen LogP) is 3.28. The number of nitrogens with zero attached hydrogens (tertiary/aromatic N) is 2. The summed E-state index contributed by atoms with van der Waals surface area (Å²) in [6.45, 7) is 0. The highest BCUT2D eigenvalue weighted by molar-refractivity contribution is 7.15. The Morgan fingerprint density at radius 3 is 2.23 bits per heavy atom. The quantitative estimate of drug-likeness (QED) is 0.607. The van der Waals surface area contributed by atoms with Gasteiger partial charge in [0.2, 0.25) is 0 Å². The topological polar surface area (TPSA) is 63.5 Å². The minimum absolute atomic E-state index is 0.0257. The maximum absolute atomic E-state index is 12.8. The van der Waals surface area contributed by atoms with Gasteiger partial charge in [-0.1, -0.05) is 60.7 Å². The molecule has 0 atom stereocenters. The number of nitrogens with one attached hydrogen (secondary N) is 1. The standard InChI is InChI=1S/C20H15N3O2S/c24-18(16-13-21-20-23(19(16)25)11-12-26-20)22-17(14-7-3-1-4-8-14)15-9-5-2-6-10-15/h1-13,17H,(H,22,24). The van der Waals surface area contributed by atoms with Gasteiger partial charge in [0.05, 0.1) is 6.04 Å². The van der Waals surface area contributed by atoms with Crippen LogP contribution in [0.4, 0.5) is 0 Å². The van der Waals surface area contributed by atoms with Gasteiger partial charge in [-0.25, -0.2) is 4.98 Å². The van der Waals surface area contributed by atoms with Gasteiger partial charge in [0.1, 0.15) is 5.56 Å². The molecule has 2 aromatic carbocycles. The Balaban J connectivity index is 1.72. The molecule has 0 aliphatic rings. The molecule has 1 N–H and O–H groups in total. The molecule has 0 saturated heterocycles. The summed E-state index contributed by atoms with van der Waals surface area (Å²) in [6, 6.07) is 19.0. The third-order valence-electron chi connectivity index (χ3n) is 4.13. The lowest BCUT2D eigenvalue weighted by atomic mass is 9.98. The van der Waals surface area contributed by atoms with Crippen LogP contribution in [0.3, 0.4) is 0 Å². The maximum Gasteiger partial charge on any atom is 0.271 e. The van der Waals surface area contributed by atoms with E-state index in [0.29, 0.717) is 4.96 Å². The van der Waals surface area contributed by atoms with Crippen molar-refractivity contribution >= 4 is 22.2 Å². The second kappa shape index (κ2) is 6.93. The lowest BCUT2D eigenvalue weighted by Gasteiger charge is -2.19. The van der Waals surface area contributed by atoms with Gasteiger partial charge in [0, 0.05) is 17.8 Å². The van der Waals surface area contributed by atoms with E-state index in [-0.39, 0.29) is 17.2 Å². The zero-order valence-electron chi connectivity index (χ0n) is 13.7. The molecule has 5 nitrogen and oxygen atoms in total. The molecule has 1 amide bonds. The average Bonchev–Trinajstić information content (AvgIpc) is 3.17. The summed E-state index contributed by atoms with van der Waals surface area (Å²) in [5.74, 6) is -0.444. The molecule has 0 aliphatic carbocycles. The maximum atomic E-state index is 12.8. The fourth-order valence-corrected chi connectivity index (χ4v) is 3.51. The SMILES string of the molecule is O=C(NC(c1ccccc1)c1ccccc1)c1cnc2sccn2c1=O. The van der Waals surface area contributed by atoms with Crippen LogP contribution in [-0.4, -0.2) is 15.3 Å². The van der Waals surface area contributed by atoms with E-state index >= 15 is 0 Å². The molecule has 128 valence electrons. The first-order valence-corrected chi connectivity index (χ1v) is 8.97. The monoisotopic (exact) mass is 361 g/mol. The summed E-state index contributed by atoms with van der Waals surface area (Å²) in [5.41, 5.74) is 1.54. The van der Waals surface area contributed by atoms with Crippen LogP contribution in [0.5, 0.6) is 0 Å². The van der Waals surface area contributed by atoms with E-state index in [1.807, 2.05) is 60.7 Å². The average molecular weight is 361 g/mol. The van der Waals surface area contributed by atoms with Crippen molar-refractivity contribution in [3.8, 4) is 0 Å². The van der Waals surface area contributed by atoms with Crippen molar-refractivity contribution in [3.05, 3.63) is 105 Å². The number of rotatable bonds is 4. The van der Waals surface area contributed by atoms with Crippen LogP contribution >= 0.6 is 11.3 Å². The number of carbonyl (C=O) groups is 1. The Bertz CT molecular complexity index is 1060. The Hall–Kier alpha value is -3.25. The fraction of sp³-hybridized carbons (Fsp3) is 0.0500. The van der Waals surface area contributed by atoms with E-state index < -0.39 is 5.91 Å². The van der Waals surface area contributed by atoms with E-state index in [2.05, 4.69) is 10.3 Å². The van der Waals surface area contributed by atoms with Gasteiger partial charge in [-0.3, -0.25) is 14.0 Å². The molecule has 2 heterocycles. The molecule has 0 saturated carbocycles. The zero-order valence-corrected chi connectivity index (χ0v) is 14.5. The number of hydrogen-bond acceptors (Lipinski definition) is 4. The molecule has 0 radical (unpaired) electrons. The van der Waals surface area contributed by atoms with Gasteiger partial charge in [-0.2, -0.15) is 0 Å². The largest absolute Gasteiger partial charge is 0.341 e. The van der Waals surface area contributed by atoms with E-state index in [4.69, 9.17) is 0 Å². The van der Waals surface area contributed by atoms with Crippen LogP contribution in [-0.2, 0) is 0 Å². The molecule has 4 aromatic rings. The van der Waals surface area contributed by atoms with Crippen LogP contribution in [0.1, 0.15) is 27.5 Å². The van der Waals surface area contributed by atoms with E-state index in [9.17, 15) is 9.59 Å². The first-order valence-electron chi connectivity index (χ1n) is 8.09. The predicted molar refractivity (Wildman–Crippen MR) is 102 cm³/mol. The van der Waals surface area contributed by atoms with E-state index in [1.165, 1.54) is 21.9 Å². The normalized spacial score (nSPS) is 11.0. The molecular weight excluding hydrogens is 346 g/mol. The third-order valence-corrected chi connectivity index (χ3v) is 4.90. The van der Waals surface area contributed by atoms with Crippen LogP contribution in [0, 0.1) is 0 Å². The van der Waals surface area contributed by atoms with Crippen molar-refractivity contribution in [2.45, 2.75) is 6.04 Å². The fourth-order valence-electron chi connectivity index (χ4n) is 2.84. The number of benzene rings is 2. The van der Waals surface area contributed by atoms with Crippen molar-refractivity contribution < 1.29 is 4.79 Å². The van der Waals surface area contributed by atoms with Gasteiger partial charge in [-0.15, -0.1) is 11.3 Å². The minimum Gasteiger partial charge on any atom is -0.341 e. The van der Waals surface area contributed by atoms with Crippen molar-refractivity contribution in [1.82, 2.24) is 14.7 Å². The first kappa shape index (κ1) is 16.2. The molecule has 0 aliphatic heterocycles. The van der Waals surface area contributed by atoms with E-state index in [0.717, 1.165) is 11.1 Å². The van der Waals surface area contributed by atoms with Gasteiger partial charge in [0.25, 0.3) is 11.5 Å². The number of aromatic nitrogens is 2. The van der Waals surface area contributed by atoms with Crippen molar-refractivity contribution in [2.24, 2.45) is 0 Å². The second-order valence-electron chi connectivity index (χ2n) is 5.76. The summed E-state index contributed by atoms with van der Waals surface area (Å²) < 4.78 is 1.39. The van der Waals surface area contributed by atoms with Gasteiger partial charge in [0.15, 0.2) is 4.96 Å². The van der Waals surface area contributed by atoms with Crippen LogP contribution < -0.4 is 10.9 Å². The summed E-state index contributed by atoms with van der Waals surface area (Å²) in [4.78, 5) is 30.1. The van der Waals surface area contributed by atoms with Crippen molar-refractivity contribution in [3.63, 3.8) is 0 Å². The number of thiazole rings is 1. The van der Waals surface area contributed by atoms with Gasteiger partial charge >= 0.3 is 0 Å². The Labute approximate surface area is 153 Å². The Kier molecular flexibility index (Phi) is 4.33. The van der Waals surface area contributed by atoms with E-state index in [1.54, 1.807) is 11.6 Å². The van der Waals surface area contributed by atoms with Gasteiger partial charge in [-0.05, 0) is 11.1 Å². The lowest BCUT2D eigenvalue weighted by molar-refractivity contribution is 0.0941. The zero-order chi connectivity index (χ0) is 17.9. The smallest absolute Gasteiger partial charge is 0.271 e. The second-order valence-corrected chi connectivity index (χ2v) is 6.63.